The highest BCUT2D eigenvalue weighted by molar-refractivity contribution is 7.92. The summed E-state index contributed by atoms with van der Waals surface area (Å²) in [5.41, 5.74) is 5.37. The number of nitrogens with two attached hydrogens (primary N) is 1. The normalized spacial score (nSPS) is 11.5. The second kappa shape index (κ2) is 4.88. The monoisotopic (exact) mass is 284 g/mol. The van der Waals surface area contributed by atoms with E-state index in [1.54, 1.807) is 0 Å². The number of aromatic amines is 1. The molecule has 1 aromatic carbocycles. The molecular formula is C11H13FN4O2S. The molecule has 2 rings (SSSR count). The molecule has 0 aliphatic carbocycles. The Hall–Kier alpha value is -2.09. The van der Waals surface area contributed by atoms with Crippen molar-refractivity contribution in [2.75, 3.05) is 10.5 Å². The zero-order valence-corrected chi connectivity index (χ0v) is 11.0. The van der Waals surface area contributed by atoms with Crippen molar-refractivity contribution in [1.82, 2.24) is 9.97 Å². The van der Waals surface area contributed by atoms with Crippen LogP contribution in [0.25, 0.3) is 0 Å². The Kier molecular flexibility index (Phi) is 3.43. The second-order valence-electron chi connectivity index (χ2n) is 3.89. The molecule has 1 heterocycles. The topological polar surface area (TPSA) is 101 Å². The number of nitrogens with zero attached hydrogens (tertiary/aromatic N) is 1. The lowest BCUT2D eigenvalue weighted by molar-refractivity contribution is 0.598. The molecule has 0 amide bonds. The van der Waals surface area contributed by atoms with Crippen molar-refractivity contribution in [1.29, 1.82) is 0 Å². The maximum atomic E-state index is 13.2. The Morgan fingerprint density at radius 1 is 1.47 bits per heavy atom. The number of hydrogen-bond acceptors (Lipinski definition) is 4. The number of imidazole rings is 1. The van der Waals surface area contributed by atoms with Crippen molar-refractivity contribution in [2.45, 2.75) is 18.4 Å². The molecule has 0 saturated carbocycles. The summed E-state index contributed by atoms with van der Waals surface area (Å²) in [6.45, 7) is 1.85. The van der Waals surface area contributed by atoms with Crippen molar-refractivity contribution < 1.29 is 12.8 Å². The summed E-state index contributed by atoms with van der Waals surface area (Å²) in [5.74, 6) is -0.122. The highest BCUT2D eigenvalue weighted by Gasteiger charge is 2.17. The summed E-state index contributed by atoms with van der Waals surface area (Å²) in [7, 11) is -3.81. The van der Waals surface area contributed by atoms with Gasteiger partial charge in [0, 0.05) is 12.5 Å². The third-order valence-electron chi connectivity index (χ3n) is 2.48. The van der Waals surface area contributed by atoms with Crippen LogP contribution >= 0.6 is 0 Å². The maximum Gasteiger partial charge on any atom is 0.278 e. The number of H-pyrrole nitrogens is 1. The highest BCUT2D eigenvalue weighted by atomic mass is 32.2. The van der Waals surface area contributed by atoms with Crippen LogP contribution in [0.5, 0.6) is 0 Å². The van der Waals surface area contributed by atoms with Crippen molar-refractivity contribution in [2.24, 2.45) is 0 Å². The number of benzene rings is 1. The van der Waals surface area contributed by atoms with Crippen LogP contribution in [-0.2, 0) is 16.4 Å². The quantitative estimate of drug-likeness (QED) is 0.740. The lowest BCUT2D eigenvalue weighted by atomic mass is 10.3. The third-order valence-corrected chi connectivity index (χ3v) is 3.77. The minimum Gasteiger partial charge on any atom is -0.396 e. The van der Waals surface area contributed by atoms with Crippen molar-refractivity contribution in [3.63, 3.8) is 0 Å². The minimum absolute atomic E-state index is 0.0437. The van der Waals surface area contributed by atoms with Crippen molar-refractivity contribution in [3.8, 4) is 0 Å². The first-order chi connectivity index (χ1) is 8.92. The van der Waals surface area contributed by atoms with E-state index in [2.05, 4.69) is 14.7 Å². The summed E-state index contributed by atoms with van der Waals surface area (Å²) in [6, 6.07) is 3.69. The summed E-state index contributed by atoms with van der Waals surface area (Å²) >= 11 is 0. The van der Waals surface area contributed by atoms with E-state index in [0.717, 1.165) is 6.07 Å². The number of anilines is 2. The molecule has 4 N–H and O–H groups in total. The van der Waals surface area contributed by atoms with Gasteiger partial charge in [0.15, 0.2) is 5.03 Å². The molecule has 19 heavy (non-hydrogen) atoms. The number of sulfonamides is 1. The van der Waals surface area contributed by atoms with Crippen molar-refractivity contribution in [3.05, 3.63) is 36.0 Å². The molecule has 0 atom stereocenters. The van der Waals surface area contributed by atoms with Gasteiger partial charge in [0.05, 0.1) is 17.6 Å². The standard InChI is InChI=1S/C11H13FN4O2S/c1-2-10-14-6-11(15-10)19(17,18)16-7-3-4-9(13)8(12)5-7/h3-6,16H,2,13H2,1H3,(H,14,15). The number of rotatable bonds is 4. The summed E-state index contributed by atoms with van der Waals surface area (Å²) in [6.07, 6.45) is 1.81. The van der Waals surface area contributed by atoms with Gasteiger partial charge >= 0.3 is 0 Å². The van der Waals surface area contributed by atoms with Gasteiger partial charge in [-0.2, -0.15) is 8.42 Å². The van der Waals surface area contributed by atoms with Crippen LogP contribution in [0.4, 0.5) is 15.8 Å². The molecule has 0 aliphatic rings. The zero-order valence-electron chi connectivity index (χ0n) is 10.1. The predicted molar refractivity (Wildman–Crippen MR) is 69.6 cm³/mol. The first-order valence-electron chi connectivity index (χ1n) is 5.54. The van der Waals surface area contributed by atoms with Gasteiger partial charge in [-0.3, -0.25) is 4.72 Å². The SMILES string of the molecule is CCc1ncc(S(=O)(=O)Nc2ccc(N)c(F)c2)[nH]1. The summed E-state index contributed by atoms with van der Waals surface area (Å²) in [5, 5.41) is -0.0680. The van der Waals surface area contributed by atoms with E-state index in [4.69, 9.17) is 5.73 Å². The van der Waals surface area contributed by atoms with E-state index in [1.165, 1.54) is 18.3 Å². The van der Waals surface area contributed by atoms with E-state index in [9.17, 15) is 12.8 Å². The Morgan fingerprint density at radius 2 is 2.21 bits per heavy atom. The van der Waals surface area contributed by atoms with Crippen molar-refractivity contribution >= 4 is 21.4 Å². The number of halogens is 1. The Morgan fingerprint density at radius 3 is 2.79 bits per heavy atom. The van der Waals surface area contributed by atoms with Gasteiger partial charge in [0.1, 0.15) is 11.6 Å². The molecule has 0 spiro atoms. The Bertz CT molecular complexity index is 696. The number of aromatic nitrogens is 2. The van der Waals surface area contributed by atoms with Gasteiger partial charge < -0.3 is 10.7 Å². The molecular weight excluding hydrogens is 271 g/mol. The molecule has 0 bridgehead atoms. The molecule has 8 heteroatoms. The fourth-order valence-electron chi connectivity index (χ4n) is 1.46. The first-order valence-corrected chi connectivity index (χ1v) is 7.02. The smallest absolute Gasteiger partial charge is 0.278 e. The van der Waals surface area contributed by atoms with E-state index in [1.807, 2.05) is 6.92 Å². The van der Waals surface area contributed by atoms with E-state index in [0.29, 0.717) is 12.2 Å². The lowest BCUT2D eigenvalue weighted by Gasteiger charge is -2.06. The van der Waals surface area contributed by atoms with Crippen LogP contribution in [0.15, 0.2) is 29.4 Å². The fourth-order valence-corrected chi connectivity index (χ4v) is 2.45. The largest absolute Gasteiger partial charge is 0.396 e. The van der Waals surface area contributed by atoms with Gasteiger partial charge in [0.25, 0.3) is 10.0 Å². The predicted octanol–water partition coefficient (Wildman–Crippen LogP) is 1.49. The van der Waals surface area contributed by atoms with Gasteiger partial charge in [-0.15, -0.1) is 0 Å². The molecule has 0 saturated heterocycles. The number of nitrogens with one attached hydrogen (secondary N) is 2. The Labute approximate surface area is 109 Å². The molecule has 0 radical (unpaired) electrons. The van der Waals surface area contributed by atoms with Crippen LogP contribution in [0, 0.1) is 5.82 Å². The van der Waals surface area contributed by atoms with Crippen LogP contribution in [-0.4, -0.2) is 18.4 Å². The average Bonchev–Trinajstić information content (AvgIpc) is 2.83. The van der Waals surface area contributed by atoms with E-state index in [-0.39, 0.29) is 16.4 Å². The molecule has 1 aromatic heterocycles. The Balaban J connectivity index is 2.28. The molecule has 102 valence electrons. The highest BCUT2D eigenvalue weighted by Crippen LogP contribution is 2.19. The van der Waals surface area contributed by atoms with Gasteiger partial charge in [-0.25, -0.2) is 9.37 Å². The van der Waals surface area contributed by atoms with Gasteiger partial charge in [0.2, 0.25) is 0 Å². The van der Waals surface area contributed by atoms with Gasteiger partial charge in [-0.1, -0.05) is 6.92 Å². The van der Waals surface area contributed by atoms with Gasteiger partial charge in [-0.05, 0) is 12.1 Å². The number of aryl methyl sites for hydroxylation is 1. The zero-order chi connectivity index (χ0) is 14.0. The summed E-state index contributed by atoms with van der Waals surface area (Å²) in [4.78, 5) is 6.57. The lowest BCUT2D eigenvalue weighted by Crippen LogP contribution is -2.13. The van der Waals surface area contributed by atoms with Crippen LogP contribution in [0.2, 0.25) is 0 Å². The fraction of sp³-hybridized carbons (Fsp3) is 0.182. The van der Waals surface area contributed by atoms with E-state index < -0.39 is 15.8 Å². The molecule has 0 fully saturated rings. The maximum absolute atomic E-state index is 13.2. The second-order valence-corrected chi connectivity index (χ2v) is 5.54. The molecule has 0 unspecified atom stereocenters. The average molecular weight is 284 g/mol. The molecule has 2 aromatic rings. The number of nitrogen functional groups attached to an aromatic ring is 1. The minimum atomic E-state index is -3.81. The van der Waals surface area contributed by atoms with Crippen LogP contribution in [0.3, 0.4) is 0 Å². The first kappa shape index (κ1) is 13.3. The number of hydrogen-bond donors (Lipinski definition) is 3. The van der Waals surface area contributed by atoms with E-state index >= 15 is 0 Å². The van der Waals surface area contributed by atoms with Crippen LogP contribution in [0.1, 0.15) is 12.7 Å². The molecule has 6 nitrogen and oxygen atoms in total. The van der Waals surface area contributed by atoms with Crippen LogP contribution < -0.4 is 10.5 Å². The molecule has 0 aliphatic heterocycles. The summed E-state index contributed by atoms with van der Waals surface area (Å²) < 4.78 is 39.5. The third kappa shape index (κ3) is 2.84.